The molecule has 20 heavy (non-hydrogen) atoms. The number of benzene rings is 1. The lowest BCUT2D eigenvalue weighted by Crippen LogP contribution is -2.15. The van der Waals surface area contributed by atoms with Crippen molar-refractivity contribution in [3.8, 4) is 11.6 Å². The molecule has 2 N–H and O–H groups in total. The molecule has 0 spiro atoms. The molecule has 0 aliphatic carbocycles. The van der Waals surface area contributed by atoms with Crippen molar-refractivity contribution in [2.75, 3.05) is 0 Å². The lowest BCUT2D eigenvalue weighted by Gasteiger charge is -2.12. The summed E-state index contributed by atoms with van der Waals surface area (Å²) < 4.78 is 43.3. The third-order valence-electron chi connectivity index (χ3n) is 2.37. The van der Waals surface area contributed by atoms with E-state index in [4.69, 9.17) is 22.7 Å². The van der Waals surface area contributed by atoms with E-state index in [0.29, 0.717) is 5.75 Å². The van der Waals surface area contributed by atoms with Crippen molar-refractivity contribution in [3.63, 3.8) is 0 Å². The first-order chi connectivity index (χ1) is 9.38. The van der Waals surface area contributed by atoms with E-state index in [9.17, 15) is 13.2 Å². The Bertz CT molecular complexity index is 629. The number of alkyl halides is 3. The second-order valence-corrected chi connectivity index (χ2v) is 4.27. The summed E-state index contributed by atoms with van der Waals surface area (Å²) in [5, 5.41) is 0. The Morgan fingerprint density at radius 3 is 2.30 bits per heavy atom. The SMILES string of the molecule is NC(=S)c1ccc(C(F)(F)F)nc1Oc1ccccc1. The molecule has 0 bridgehead atoms. The maximum atomic E-state index is 12.7. The van der Waals surface area contributed by atoms with E-state index in [1.165, 1.54) is 0 Å². The quantitative estimate of drug-likeness (QED) is 0.881. The van der Waals surface area contributed by atoms with Crippen LogP contribution in [0.15, 0.2) is 42.5 Å². The monoisotopic (exact) mass is 298 g/mol. The number of rotatable bonds is 3. The van der Waals surface area contributed by atoms with E-state index < -0.39 is 11.9 Å². The van der Waals surface area contributed by atoms with Gasteiger partial charge in [-0.25, -0.2) is 4.98 Å². The van der Waals surface area contributed by atoms with Crippen LogP contribution in [0.3, 0.4) is 0 Å². The molecular weight excluding hydrogens is 289 g/mol. The highest BCUT2D eigenvalue weighted by Crippen LogP contribution is 2.31. The van der Waals surface area contributed by atoms with Crippen LogP contribution in [0.4, 0.5) is 13.2 Å². The summed E-state index contributed by atoms with van der Waals surface area (Å²) in [5.74, 6) is 0.0790. The number of hydrogen-bond donors (Lipinski definition) is 1. The fourth-order valence-electron chi connectivity index (χ4n) is 1.46. The largest absolute Gasteiger partial charge is 0.438 e. The highest BCUT2D eigenvalue weighted by Gasteiger charge is 2.33. The predicted octanol–water partition coefficient (Wildman–Crippen LogP) is 3.53. The maximum absolute atomic E-state index is 12.7. The van der Waals surface area contributed by atoms with Gasteiger partial charge in [-0.2, -0.15) is 13.2 Å². The molecule has 1 aromatic carbocycles. The first kappa shape index (κ1) is 14.3. The summed E-state index contributed by atoms with van der Waals surface area (Å²) in [7, 11) is 0. The van der Waals surface area contributed by atoms with Gasteiger partial charge < -0.3 is 10.5 Å². The van der Waals surface area contributed by atoms with Crippen LogP contribution in [-0.2, 0) is 6.18 Å². The number of pyridine rings is 1. The fraction of sp³-hybridized carbons (Fsp3) is 0.0769. The molecule has 0 aliphatic heterocycles. The van der Waals surface area contributed by atoms with Gasteiger partial charge in [0, 0.05) is 0 Å². The lowest BCUT2D eigenvalue weighted by molar-refractivity contribution is -0.141. The number of halogens is 3. The van der Waals surface area contributed by atoms with E-state index >= 15 is 0 Å². The van der Waals surface area contributed by atoms with Gasteiger partial charge in [0.15, 0.2) is 0 Å². The molecule has 0 atom stereocenters. The smallest absolute Gasteiger partial charge is 0.433 e. The molecule has 0 fully saturated rings. The first-order valence-corrected chi connectivity index (χ1v) is 5.89. The zero-order chi connectivity index (χ0) is 14.8. The Balaban J connectivity index is 2.45. The van der Waals surface area contributed by atoms with E-state index in [-0.39, 0.29) is 16.4 Å². The molecule has 0 aliphatic rings. The Kier molecular flexibility index (Phi) is 3.89. The van der Waals surface area contributed by atoms with Crippen molar-refractivity contribution < 1.29 is 17.9 Å². The summed E-state index contributed by atoms with van der Waals surface area (Å²) >= 11 is 4.78. The number of nitrogens with two attached hydrogens (primary N) is 1. The highest BCUT2D eigenvalue weighted by atomic mass is 32.1. The molecule has 2 aromatic rings. The predicted molar refractivity (Wildman–Crippen MR) is 71.6 cm³/mol. The van der Waals surface area contributed by atoms with Gasteiger partial charge in [0.2, 0.25) is 5.88 Å². The average molecular weight is 298 g/mol. The van der Waals surface area contributed by atoms with Crippen molar-refractivity contribution in [1.82, 2.24) is 4.98 Å². The maximum Gasteiger partial charge on any atom is 0.433 e. The van der Waals surface area contributed by atoms with Gasteiger partial charge in [-0.05, 0) is 24.3 Å². The topological polar surface area (TPSA) is 48.1 Å². The number of aromatic nitrogens is 1. The second-order valence-electron chi connectivity index (χ2n) is 3.83. The van der Waals surface area contributed by atoms with Crippen molar-refractivity contribution >= 4 is 17.2 Å². The van der Waals surface area contributed by atoms with Crippen LogP contribution in [0.1, 0.15) is 11.3 Å². The molecule has 1 heterocycles. The molecule has 0 radical (unpaired) electrons. The van der Waals surface area contributed by atoms with E-state index in [1.54, 1.807) is 30.3 Å². The van der Waals surface area contributed by atoms with Gasteiger partial charge in [-0.3, -0.25) is 0 Å². The van der Waals surface area contributed by atoms with Crippen molar-refractivity contribution in [3.05, 3.63) is 53.7 Å². The molecule has 2 rings (SSSR count). The summed E-state index contributed by atoms with van der Waals surface area (Å²) in [4.78, 5) is 3.36. The van der Waals surface area contributed by atoms with Crippen LogP contribution >= 0.6 is 12.2 Å². The van der Waals surface area contributed by atoms with E-state index in [2.05, 4.69) is 4.98 Å². The van der Waals surface area contributed by atoms with Crippen LogP contribution in [0.25, 0.3) is 0 Å². The van der Waals surface area contributed by atoms with Gasteiger partial charge >= 0.3 is 6.18 Å². The van der Waals surface area contributed by atoms with Gasteiger partial charge in [0.1, 0.15) is 16.4 Å². The number of nitrogens with zero attached hydrogens (tertiary/aromatic N) is 1. The molecular formula is C13H9F3N2OS. The number of hydrogen-bond acceptors (Lipinski definition) is 3. The molecule has 0 unspecified atom stereocenters. The minimum atomic E-state index is -4.57. The zero-order valence-corrected chi connectivity index (χ0v) is 10.8. The van der Waals surface area contributed by atoms with E-state index in [1.807, 2.05) is 0 Å². The Hall–Kier alpha value is -2.15. The normalized spacial score (nSPS) is 11.2. The molecule has 7 heteroatoms. The minimum absolute atomic E-state index is 0.0860. The van der Waals surface area contributed by atoms with Gasteiger partial charge in [0.25, 0.3) is 0 Å². The Morgan fingerprint density at radius 2 is 1.75 bits per heavy atom. The standard InChI is InChI=1S/C13H9F3N2OS/c14-13(15,16)10-7-6-9(11(17)20)12(18-10)19-8-4-2-1-3-5-8/h1-7H,(H2,17,20). The van der Waals surface area contributed by atoms with Crippen molar-refractivity contribution in [2.45, 2.75) is 6.18 Å². The summed E-state index contributed by atoms with van der Waals surface area (Å²) in [6, 6.07) is 10.3. The third-order valence-corrected chi connectivity index (χ3v) is 2.59. The van der Waals surface area contributed by atoms with Crippen molar-refractivity contribution in [1.29, 1.82) is 0 Å². The third kappa shape index (κ3) is 3.24. The molecule has 0 saturated carbocycles. The minimum Gasteiger partial charge on any atom is -0.438 e. The summed E-state index contributed by atoms with van der Waals surface area (Å²) in [6.45, 7) is 0. The summed E-state index contributed by atoms with van der Waals surface area (Å²) in [6.07, 6.45) is -4.57. The van der Waals surface area contributed by atoms with Gasteiger partial charge in [-0.1, -0.05) is 30.4 Å². The van der Waals surface area contributed by atoms with Crippen LogP contribution < -0.4 is 10.5 Å². The molecule has 1 aromatic heterocycles. The highest BCUT2D eigenvalue weighted by molar-refractivity contribution is 7.80. The van der Waals surface area contributed by atoms with Crippen LogP contribution in [0, 0.1) is 0 Å². The van der Waals surface area contributed by atoms with Crippen molar-refractivity contribution in [2.24, 2.45) is 5.73 Å². The summed E-state index contributed by atoms with van der Waals surface area (Å²) in [5.41, 5.74) is 4.54. The molecule has 104 valence electrons. The fourth-order valence-corrected chi connectivity index (χ4v) is 1.62. The Labute approximate surface area is 118 Å². The second kappa shape index (κ2) is 5.46. The zero-order valence-electron chi connectivity index (χ0n) is 10.0. The first-order valence-electron chi connectivity index (χ1n) is 5.49. The molecule has 0 amide bonds. The van der Waals surface area contributed by atoms with E-state index in [0.717, 1.165) is 12.1 Å². The molecule has 3 nitrogen and oxygen atoms in total. The number of para-hydroxylation sites is 1. The lowest BCUT2D eigenvalue weighted by atomic mass is 10.2. The number of thiocarbonyl (C=S) groups is 1. The molecule has 0 saturated heterocycles. The van der Waals surface area contributed by atoms with Gasteiger partial charge in [0.05, 0.1) is 5.56 Å². The Morgan fingerprint density at radius 1 is 1.10 bits per heavy atom. The average Bonchev–Trinajstić information content (AvgIpc) is 2.38. The van der Waals surface area contributed by atoms with Crippen LogP contribution in [0.2, 0.25) is 0 Å². The van der Waals surface area contributed by atoms with Crippen LogP contribution in [-0.4, -0.2) is 9.97 Å². The van der Waals surface area contributed by atoms with Gasteiger partial charge in [-0.15, -0.1) is 0 Å². The van der Waals surface area contributed by atoms with Crippen LogP contribution in [0.5, 0.6) is 11.6 Å². The number of ether oxygens (including phenoxy) is 1.